The molecule has 0 aliphatic rings. The number of halogens is 4. The molecule has 21 heavy (non-hydrogen) atoms. The highest BCUT2D eigenvalue weighted by Gasteiger charge is 2.33. The smallest absolute Gasteiger partial charge is 0.433 e. The van der Waals surface area contributed by atoms with E-state index >= 15 is 0 Å². The number of nitrogens with zero attached hydrogens (tertiary/aromatic N) is 2. The number of anilines is 3. The Balaban J connectivity index is 2.38. The quantitative estimate of drug-likeness (QED) is 0.853. The van der Waals surface area contributed by atoms with E-state index in [0.717, 1.165) is 12.1 Å². The first kappa shape index (κ1) is 14.8. The minimum Gasteiger partial charge on any atom is -0.494 e. The van der Waals surface area contributed by atoms with Crippen LogP contribution in [0.2, 0.25) is 0 Å². The van der Waals surface area contributed by atoms with E-state index in [1.807, 2.05) is 0 Å². The van der Waals surface area contributed by atoms with Crippen molar-refractivity contribution in [3.63, 3.8) is 0 Å². The Hall–Kier alpha value is -2.58. The number of nitrogen functional groups attached to an aromatic ring is 1. The lowest BCUT2D eigenvalue weighted by molar-refractivity contribution is -0.141. The van der Waals surface area contributed by atoms with Crippen LogP contribution in [-0.4, -0.2) is 17.1 Å². The van der Waals surface area contributed by atoms with Crippen LogP contribution in [0.25, 0.3) is 0 Å². The summed E-state index contributed by atoms with van der Waals surface area (Å²) in [7, 11) is 1.30. The molecule has 0 unspecified atom stereocenters. The number of alkyl halides is 3. The molecule has 1 aromatic carbocycles. The molecule has 3 N–H and O–H groups in total. The number of benzene rings is 1. The molecule has 2 rings (SSSR count). The van der Waals surface area contributed by atoms with Gasteiger partial charge in [0.05, 0.1) is 12.8 Å². The van der Waals surface area contributed by atoms with E-state index in [9.17, 15) is 17.6 Å². The molecule has 0 aliphatic heterocycles. The summed E-state index contributed by atoms with van der Waals surface area (Å²) >= 11 is 0. The van der Waals surface area contributed by atoms with Crippen LogP contribution in [0.1, 0.15) is 5.69 Å². The third-order valence-corrected chi connectivity index (χ3v) is 2.46. The molecule has 0 saturated heterocycles. The van der Waals surface area contributed by atoms with Crippen LogP contribution in [0.3, 0.4) is 0 Å². The summed E-state index contributed by atoms with van der Waals surface area (Å²) in [4.78, 5) is 6.76. The van der Waals surface area contributed by atoms with Crippen LogP contribution in [0.4, 0.5) is 35.0 Å². The van der Waals surface area contributed by atoms with E-state index in [-0.39, 0.29) is 17.3 Å². The summed E-state index contributed by atoms with van der Waals surface area (Å²) in [5, 5.41) is 2.58. The Morgan fingerprint density at radius 3 is 2.52 bits per heavy atom. The normalized spacial score (nSPS) is 11.3. The Morgan fingerprint density at radius 1 is 1.19 bits per heavy atom. The van der Waals surface area contributed by atoms with Crippen molar-refractivity contribution >= 4 is 17.5 Å². The van der Waals surface area contributed by atoms with Gasteiger partial charge in [0.25, 0.3) is 0 Å². The zero-order valence-corrected chi connectivity index (χ0v) is 10.7. The number of hydrogen-bond acceptors (Lipinski definition) is 5. The second-order valence-corrected chi connectivity index (χ2v) is 3.96. The summed E-state index contributed by atoms with van der Waals surface area (Å²) in [5.74, 6) is -1.15. The number of nitrogens with one attached hydrogen (secondary N) is 1. The zero-order chi connectivity index (χ0) is 15.6. The fraction of sp³-hybridized carbons (Fsp3) is 0.167. The van der Waals surface area contributed by atoms with E-state index in [2.05, 4.69) is 15.3 Å². The molecular weight excluding hydrogens is 292 g/mol. The number of hydrogen-bond donors (Lipinski definition) is 2. The number of ether oxygens (including phenoxy) is 1. The maximum Gasteiger partial charge on any atom is 0.433 e. The molecule has 0 saturated carbocycles. The van der Waals surface area contributed by atoms with Crippen LogP contribution in [-0.2, 0) is 6.18 Å². The van der Waals surface area contributed by atoms with Crippen LogP contribution in [0.5, 0.6) is 5.75 Å². The average molecular weight is 302 g/mol. The van der Waals surface area contributed by atoms with E-state index < -0.39 is 23.6 Å². The highest BCUT2D eigenvalue weighted by atomic mass is 19.4. The largest absolute Gasteiger partial charge is 0.494 e. The Bertz CT molecular complexity index is 660. The maximum atomic E-state index is 13.1. The molecule has 0 radical (unpaired) electrons. The van der Waals surface area contributed by atoms with Gasteiger partial charge in [0.2, 0.25) is 5.95 Å². The van der Waals surface area contributed by atoms with E-state index in [4.69, 9.17) is 10.5 Å². The minimum atomic E-state index is -4.65. The summed E-state index contributed by atoms with van der Waals surface area (Å²) in [6, 6.07) is 4.20. The van der Waals surface area contributed by atoms with Gasteiger partial charge in [-0.15, -0.1) is 0 Å². The third kappa shape index (κ3) is 3.50. The lowest BCUT2D eigenvalue weighted by Gasteiger charge is -2.12. The highest BCUT2D eigenvalue weighted by Crippen LogP contribution is 2.32. The van der Waals surface area contributed by atoms with Gasteiger partial charge < -0.3 is 15.8 Å². The monoisotopic (exact) mass is 302 g/mol. The van der Waals surface area contributed by atoms with Gasteiger partial charge in [0.15, 0.2) is 5.69 Å². The Morgan fingerprint density at radius 2 is 1.90 bits per heavy atom. The number of aromatic nitrogens is 2. The topological polar surface area (TPSA) is 73.1 Å². The van der Waals surface area contributed by atoms with Crippen molar-refractivity contribution in [2.75, 3.05) is 18.2 Å². The maximum absolute atomic E-state index is 13.1. The molecule has 0 bridgehead atoms. The summed E-state index contributed by atoms with van der Waals surface area (Å²) < 4.78 is 55.9. The molecule has 0 spiro atoms. The standard InChI is InChI=1S/C12H10F4N4O/c1-21-8-4-6(13)2-3-7(8)18-10-5-9(12(14,15)16)19-11(17)20-10/h2-5H,1H3,(H3,17,18,19,20). The molecule has 5 nitrogen and oxygen atoms in total. The first-order valence-electron chi connectivity index (χ1n) is 5.62. The number of methoxy groups -OCH3 is 1. The van der Waals surface area contributed by atoms with Crippen molar-refractivity contribution in [2.45, 2.75) is 6.18 Å². The van der Waals surface area contributed by atoms with Crippen molar-refractivity contribution in [3.05, 3.63) is 35.8 Å². The van der Waals surface area contributed by atoms with Gasteiger partial charge in [-0.2, -0.15) is 18.2 Å². The molecular formula is C12H10F4N4O. The summed E-state index contributed by atoms with van der Waals surface area (Å²) in [5.41, 5.74) is 4.31. The molecule has 0 amide bonds. The van der Waals surface area contributed by atoms with Crippen molar-refractivity contribution in [3.8, 4) is 5.75 Å². The molecule has 0 atom stereocenters. The molecule has 1 aromatic heterocycles. The highest BCUT2D eigenvalue weighted by molar-refractivity contribution is 5.64. The Labute approximate surface area is 116 Å². The predicted molar refractivity (Wildman–Crippen MR) is 67.7 cm³/mol. The van der Waals surface area contributed by atoms with Gasteiger partial charge in [-0.25, -0.2) is 9.37 Å². The number of rotatable bonds is 3. The van der Waals surface area contributed by atoms with Gasteiger partial charge in [0.1, 0.15) is 17.4 Å². The SMILES string of the molecule is COc1cc(F)ccc1Nc1cc(C(F)(F)F)nc(N)n1. The lowest BCUT2D eigenvalue weighted by Crippen LogP contribution is -2.12. The van der Waals surface area contributed by atoms with Crippen molar-refractivity contribution in [1.29, 1.82) is 0 Å². The summed E-state index contributed by atoms with van der Waals surface area (Å²) in [6.07, 6.45) is -4.65. The van der Waals surface area contributed by atoms with Crippen molar-refractivity contribution in [2.24, 2.45) is 0 Å². The van der Waals surface area contributed by atoms with Gasteiger partial charge >= 0.3 is 6.18 Å². The molecule has 1 heterocycles. The summed E-state index contributed by atoms with van der Waals surface area (Å²) in [6.45, 7) is 0. The molecule has 9 heteroatoms. The first-order valence-corrected chi connectivity index (χ1v) is 5.62. The molecule has 2 aromatic rings. The second-order valence-electron chi connectivity index (χ2n) is 3.96. The van der Waals surface area contributed by atoms with Crippen molar-refractivity contribution in [1.82, 2.24) is 9.97 Å². The van der Waals surface area contributed by atoms with E-state index in [0.29, 0.717) is 6.07 Å². The van der Waals surface area contributed by atoms with Crippen LogP contribution in [0, 0.1) is 5.82 Å². The zero-order valence-electron chi connectivity index (χ0n) is 10.7. The Kier molecular flexibility index (Phi) is 3.83. The average Bonchev–Trinajstić information content (AvgIpc) is 2.39. The molecule has 0 aliphatic carbocycles. The molecule has 112 valence electrons. The lowest BCUT2D eigenvalue weighted by atomic mass is 10.2. The van der Waals surface area contributed by atoms with E-state index in [1.54, 1.807) is 0 Å². The number of nitrogens with two attached hydrogens (primary N) is 1. The van der Waals surface area contributed by atoms with E-state index in [1.165, 1.54) is 13.2 Å². The van der Waals surface area contributed by atoms with Gasteiger partial charge in [-0.05, 0) is 12.1 Å². The van der Waals surface area contributed by atoms with Gasteiger partial charge in [0, 0.05) is 12.1 Å². The fourth-order valence-electron chi connectivity index (χ4n) is 1.58. The molecule has 0 fully saturated rings. The van der Waals surface area contributed by atoms with Crippen molar-refractivity contribution < 1.29 is 22.3 Å². The van der Waals surface area contributed by atoms with Gasteiger partial charge in [-0.3, -0.25) is 0 Å². The van der Waals surface area contributed by atoms with Crippen LogP contribution in [0.15, 0.2) is 24.3 Å². The second kappa shape index (κ2) is 5.43. The minimum absolute atomic E-state index is 0.112. The fourth-order valence-corrected chi connectivity index (χ4v) is 1.58. The predicted octanol–water partition coefficient (Wildman–Crippen LogP) is 2.97. The third-order valence-electron chi connectivity index (χ3n) is 2.46. The van der Waals surface area contributed by atoms with Gasteiger partial charge in [-0.1, -0.05) is 0 Å². The van der Waals surface area contributed by atoms with Crippen LogP contribution < -0.4 is 15.8 Å². The first-order chi connectivity index (χ1) is 9.79. The van der Waals surface area contributed by atoms with Crippen LogP contribution >= 0.6 is 0 Å².